The first-order chi connectivity index (χ1) is 11.5. The summed E-state index contributed by atoms with van der Waals surface area (Å²) in [6.07, 6.45) is -7.14. The number of hydrogen-bond donors (Lipinski definition) is 0. The van der Waals surface area contributed by atoms with Crippen LogP contribution in [0.5, 0.6) is 0 Å². The molecular formula is C18H16F6O. The zero-order valence-corrected chi connectivity index (χ0v) is 13.4. The maximum atomic E-state index is 14.0. The van der Waals surface area contributed by atoms with Gasteiger partial charge < -0.3 is 4.74 Å². The lowest BCUT2D eigenvalue weighted by Gasteiger charge is -2.26. The average Bonchev–Trinajstić information content (AvgIpc) is 2.55. The molecule has 0 fully saturated rings. The van der Waals surface area contributed by atoms with Crippen molar-refractivity contribution in [3.8, 4) is 0 Å². The van der Waals surface area contributed by atoms with Crippen molar-refractivity contribution in [1.82, 2.24) is 0 Å². The highest BCUT2D eigenvalue weighted by molar-refractivity contribution is 5.26. The molecule has 0 radical (unpaired) electrons. The Hall–Kier alpha value is -2.02. The summed E-state index contributed by atoms with van der Waals surface area (Å²) < 4.78 is 87.2. The minimum absolute atomic E-state index is 0.644. The van der Waals surface area contributed by atoms with Crippen molar-refractivity contribution < 1.29 is 31.1 Å². The van der Waals surface area contributed by atoms with Gasteiger partial charge in [-0.25, -0.2) is 8.78 Å². The van der Waals surface area contributed by atoms with Crippen LogP contribution in [0.3, 0.4) is 0 Å². The van der Waals surface area contributed by atoms with E-state index in [0.29, 0.717) is 11.1 Å². The van der Waals surface area contributed by atoms with Crippen LogP contribution in [-0.2, 0) is 16.6 Å². The fourth-order valence-electron chi connectivity index (χ4n) is 2.09. The van der Waals surface area contributed by atoms with E-state index in [2.05, 4.69) is 4.74 Å². The molecule has 0 spiro atoms. The van der Waals surface area contributed by atoms with Crippen LogP contribution in [0, 0.1) is 13.8 Å². The van der Waals surface area contributed by atoms with Crippen molar-refractivity contribution >= 4 is 0 Å². The zero-order chi connectivity index (χ0) is 18.8. The van der Waals surface area contributed by atoms with E-state index in [1.165, 1.54) is 24.3 Å². The van der Waals surface area contributed by atoms with Gasteiger partial charge in [0.25, 0.3) is 12.7 Å². The van der Waals surface area contributed by atoms with Crippen molar-refractivity contribution in [2.24, 2.45) is 0 Å². The highest BCUT2D eigenvalue weighted by Crippen LogP contribution is 2.40. The first-order valence-electron chi connectivity index (χ1n) is 7.38. The van der Waals surface area contributed by atoms with E-state index in [0.717, 1.165) is 24.3 Å². The van der Waals surface area contributed by atoms with Gasteiger partial charge in [0, 0.05) is 11.1 Å². The predicted octanol–water partition coefficient (Wildman–Crippen LogP) is 5.80. The van der Waals surface area contributed by atoms with Gasteiger partial charge in [0.05, 0.1) is 0 Å². The van der Waals surface area contributed by atoms with Gasteiger partial charge in [-0.1, -0.05) is 59.7 Å². The Morgan fingerprint density at radius 3 is 1.20 bits per heavy atom. The molecule has 0 amide bonds. The Labute approximate surface area is 141 Å². The SMILES string of the molecule is Cc1ccc(C(F)(F)[C@H](F)O[C@H](F)C(F)(F)c2ccc(C)cc2)cc1. The fraction of sp³-hybridized carbons (Fsp3) is 0.333. The first kappa shape index (κ1) is 19.3. The van der Waals surface area contributed by atoms with Crippen molar-refractivity contribution in [2.75, 3.05) is 0 Å². The lowest BCUT2D eigenvalue weighted by molar-refractivity contribution is -0.295. The number of hydrogen-bond acceptors (Lipinski definition) is 1. The molecule has 0 saturated carbocycles. The minimum atomic E-state index is -4.28. The van der Waals surface area contributed by atoms with E-state index >= 15 is 0 Å². The molecule has 0 aromatic heterocycles. The van der Waals surface area contributed by atoms with Gasteiger partial charge in [-0.15, -0.1) is 0 Å². The molecule has 0 saturated heterocycles. The fourth-order valence-corrected chi connectivity index (χ4v) is 2.09. The number of halogens is 6. The topological polar surface area (TPSA) is 9.23 Å². The van der Waals surface area contributed by atoms with Gasteiger partial charge in [0.2, 0.25) is 0 Å². The third-order valence-electron chi connectivity index (χ3n) is 3.68. The maximum Gasteiger partial charge on any atom is 0.327 e. The highest BCUT2D eigenvalue weighted by atomic mass is 19.3. The van der Waals surface area contributed by atoms with Crippen LogP contribution in [0.15, 0.2) is 48.5 Å². The van der Waals surface area contributed by atoms with E-state index in [1.807, 2.05) is 0 Å². The Morgan fingerprint density at radius 1 is 0.640 bits per heavy atom. The molecule has 2 rings (SSSR count). The van der Waals surface area contributed by atoms with Crippen molar-refractivity contribution in [3.05, 3.63) is 70.8 Å². The van der Waals surface area contributed by atoms with E-state index in [9.17, 15) is 26.3 Å². The van der Waals surface area contributed by atoms with Crippen LogP contribution in [-0.4, -0.2) is 12.7 Å². The van der Waals surface area contributed by atoms with Crippen LogP contribution in [0.2, 0.25) is 0 Å². The molecule has 0 unspecified atom stereocenters. The summed E-state index contributed by atoms with van der Waals surface area (Å²) in [5, 5.41) is 0. The Morgan fingerprint density at radius 2 is 0.920 bits per heavy atom. The number of rotatable bonds is 6. The standard InChI is InChI=1S/C18H16F6O/c1-11-3-7-13(8-4-11)17(21,22)15(19)25-16(20)18(23,24)14-9-5-12(2)6-10-14/h3-10,15-16H,1-2H3/t15-,16+. The summed E-state index contributed by atoms with van der Waals surface area (Å²) >= 11 is 0. The minimum Gasteiger partial charge on any atom is -0.303 e. The van der Waals surface area contributed by atoms with Gasteiger partial charge in [0.15, 0.2) is 0 Å². The molecule has 0 aliphatic heterocycles. The number of ether oxygens (including phenoxy) is 1. The average molecular weight is 362 g/mol. The number of benzene rings is 2. The summed E-state index contributed by atoms with van der Waals surface area (Å²) in [5.74, 6) is -8.55. The monoisotopic (exact) mass is 362 g/mol. The van der Waals surface area contributed by atoms with Crippen LogP contribution in [0.25, 0.3) is 0 Å². The van der Waals surface area contributed by atoms with E-state index in [-0.39, 0.29) is 0 Å². The van der Waals surface area contributed by atoms with Crippen molar-refractivity contribution in [2.45, 2.75) is 38.4 Å². The van der Waals surface area contributed by atoms with Gasteiger partial charge in [0.1, 0.15) is 0 Å². The van der Waals surface area contributed by atoms with Crippen molar-refractivity contribution in [1.29, 1.82) is 0 Å². The Balaban J connectivity index is 2.16. The quantitative estimate of drug-likeness (QED) is 0.591. The molecule has 2 aromatic carbocycles. The molecule has 0 bridgehead atoms. The molecule has 25 heavy (non-hydrogen) atoms. The Bertz CT molecular complexity index is 635. The maximum absolute atomic E-state index is 14.0. The molecule has 0 heterocycles. The van der Waals surface area contributed by atoms with Crippen LogP contribution < -0.4 is 0 Å². The molecule has 0 aliphatic rings. The summed E-state index contributed by atoms with van der Waals surface area (Å²) in [5.41, 5.74) is -0.303. The highest BCUT2D eigenvalue weighted by Gasteiger charge is 2.50. The van der Waals surface area contributed by atoms with Gasteiger partial charge in [-0.3, -0.25) is 0 Å². The van der Waals surface area contributed by atoms with Gasteiger partial charge in [-0.2, -0.15) is 17.6 Å². The molecular weight excluding hydrogens is 346 g/mol. The Kier molecular flexibility index (Phi) is 5.46. The summed E-state index contributed by atoms with van der Waals surface area (Å²) in [4.78, 5) is 0. The normalized spacial score (nSPS) is 15.0. The first-order valence-corrected chi connectivity index (χ1v) is 7.38. The summed E-state index contributed by atoms with van der Waals surface area (Å²) in [7, 11) is 0. The van der Waals surface area contributed by atoms with Crippen molar-refractivity contribution in [3.63, 3.8) is 0 Å². The molecule has 7 heteroatoms. The zero-order valence-electron chi connectivity index (χ0n) is 13.4. The second-order valence-corrected chi connectivity index (χ2v) is 5.75. The lowest BCUT2D eigenvalue weighted by Crippen LogP contribution is -2.38. The van der Waals surface area contributed by atoms with E-state index in [4.69, 9.17) is 0 Å². The van der Waals surface area contributed by atoms with Crippen LogP contribution in [0.4, 0.5) is 26.3 Å². The van der Waals surface area contributed by atoms with Gasteiger partial charge >= 0.3 is 11.8 Å². The predicted molar refractivity (Wildman–Crippen MR) is 81.0 cm³/mol. The molecule has 2 aromatic rings. The summed E-state index contributed by atoms with van der Waals surface area (Å²) in [6.45, 7) is 3.26. The van der Waals surface area contributed by atoms with E-state index in [1.54, 1.807) is 13.8 Å². The largest absolute Gasteiger partial charge is 0.327 e. The summed E-state index contributed by atoms with van der Waals surface area (Å²) in [6, 6.07) is 8.89. The molecule has 1 nitrogen and oxygen atoms in total. The third-order valence-corrected chi connectivity index (χ3v) is 3.68. The van der Waals surface area contributed by atoms with Gasteiger partial charge in [-0.05, 0) is 13.8 Å². The molecule has 0 N–H and O–H groups in total. The second-order valence-electron chi connectivity index (χ2n) is 5.75. The second kappa shape index (κ2) is 7.07. The smallest absolute Gasteiger partial charge is 0.303 e. The van der Waals surface area contributed by atoms with Crippen LogP contribution in [0.1, 0.15) is 22.3 Å². The van der Waals surface area contributed by atoms with Crippen LogP contribution >= 0.6 is 0 Å². The molecule has 2 atom stereocenters. The number of aryl methyl sites for hydroxylation is 2. The van der Waals surface area contributed by atoms with E-state index < -0.39 is 35.7 Å². The molecule has 136 valence electrons. The molecule has 0 aliphatic carbocycles. The third kappa shape index (κ3) is 4.15. The number of alkyl halides is 6. The lowest BCUT2D eigenvalue weighted by atomic mass is 10.1.